The molecule has 2 heterocycles. The summed E-state index contributed by atoms with van der Waals surface area (Å²) in [6.07, 6.45) is 2.79. The molecule has 1 fully saturated rings. The fourth-order valence-electron chi connectivity index (χ4n) is 3.54. The molecule has 3 aromatic rings. The Bertz CT molecular complexity index is 960. The van der Waals surface area contributed by atoms with Crippen LogP contribution in [0.4, 0.5) is 10.5 Å². The van der Waals surface area contributed by atoms with Gasteiger partial charge in [0.2, 0.25) is 0 Å². The molecule has 2 aromatic carbocycles. The molecule has 150 valence electrons. The highest BCUT2D eigenvalue weighted by atomic mass is 32.1. The molecule has 7 heteroatoms. The second-order valence-corrected chi connectivity index (χ2v) is 8.24. The lowest BCUT2D eigenvalue weighted by molar-refractivity contribution is 0.192. The number of nitrogens with zero attached hydrogens (tertiary/aromatic N) is 3. The Morgan fingerprint density at radius 1 is 1.21 bits per heavy atom. The number of hydrogen-bond acceptors (Lipinski definition) is 5. The van der Waals surface area contributed by atoms with Crippen LogP contribution in [0, 0.1) is 0 Å². The second kappa shape index (κ2) is 9.05. The number of piperidine rings is 1. The second-order valence-electron chi connectivity index (χ2n) is 7.14. The van der Waals surface area contributed by atoms with E-state index in [-0.39, 0.29) is 11.9 Å². The topological polar surface area (TPSA) is 67.3 Å². The molecule has 1 aliphatic rings. The van der Waals surface area contributed by atoms with E-state index in [1.807, 2.05) is 47.4 Å². The lowest BCUT2D eigenvalue weighted by Gasteiger charge is -2.31. The van der Waals surface area contributed by atoms with Gasteiger partial charge in [0.25, 0.3) is 0 Å². The maximum absolute atomic E-state index is 12.7. The Kier molecular flexibility index (Phi) is 6.05. The third-order valence-electron chi connectivity index (χ3n) is 5.06. The number of anilines is 1. The van der Waals surface area contributed by atoms with E-state index >= 15 is 0 Å². The van der Waals surface area contributed by atoms with Gasteiger partial charge in [-0.25, -0.2) is 4.79 Å². The van der Waals surface area contributed by atoms with Gasteiger partial charge in [0.15, 0.2) is 0 Å². The van der Waals surface area contributed by atoms with E-state index in [9.17, 15) is 4.79 Å². The summed E-state index contributed by atoms with van der Waals surface area (Å²) in [5, 5.41) is 13.8. The quantitative estimate of drug-likeness (QED) is 0.673. The number of carbonyl (C=O) groups excluding carboxylic acids is 1. The smallest absolute Gasteiger partial charge is 0.321 e. The molecule has 1 aromatic heterocycles. The molecular weight excluding hydrogens is 384 g/mol. The van der Waals surface area contributed by atoms with Gasteiger partial charge >= 0.3 is 6.03 Å². The Morgan fingerprint density at radius 2 is 2.07 bits per heavy atom. The van der Waals surface area contributed by atoms with Gasteiger partial charge in [-0.1, -0.05) is 36.4 Å². The van der Waals surface area contributed by atoms with E-state index in [1.165, 1.54) is 5.56 Å². The summed E-state index contributed by atoms with van der Waals surface area (Å²) in [6.45, 7) is 1.41. The van der Waals surface area contributed by atoms with Gasteiger partial charge < -0.3 is 15.0 Å². The maximum Gasteiger partial charge on any atom is 0.321 e. The van der Waals surface area contributed by atoms with Crippen molar-refractivity contribution in [2.45, 2.75) is 25.2 Å². The fraction of sp³-hybridized carbons (Fsp3) is 0.318. The lowest BCUT2D eigenvalue weighted by Crippen LogP contribution is -2.41. The highest BCUT2D eigenvalue weighted by molar-refractivity contribution is 7.11. The standard InChI is InChI=1S/C22H24N4O2S/c1-28-19-11-5-10-18(14-19)23-22(27)26-12-6-9-17(15-26)21-25-24-20(29-21)13-16-7-3-2-4-8-16/h2-5,7-8,10-11,14,17H,6,9,12-13,15H2,1H3,(H,23,27). The van der Waals surface area contributed by atoms with Gasteiger partial charge in [-0.3, -0.25) is 0 Å². The maximum atomic E-state index is 12.7. The molecule has 1 N–H and O–H groups in total. The molecule has 2 amide bonds. The normalized spacial score (nSPS) is 16.4. The minimum absolute atomic E-state index is 0.0861. The number of likely N-dealkylation sites (tertiary alicyclic amines) is 1. The van der Waals surface area contributed by atoms with E-state index in [0.29, 0.717) is 6.54 Å². The van der Waals surface area contributed by atoms with Crippen molar-refractivity contribution < 1.29 is 9.53 Å². The van der Waals surface area contributed by atoms with Crippen LogP contribution in [0.3, 0.4) is 0 Å². The minimum atomic E-state index is -0.0861. The molecule has 0 aliphatic carbocycles. The van der Waals surface area contributed by atoms with Crippen LogP contribution < -0.4 is 10.1 Å². The summed E-state index contributed by atoms with van der Waals surface area (Å²) in [6, 6.07) is 17.6. The molecule has 0 bridgehead atoms. The highest BCUT2D eigenvalue weighted by Crippen LogP contribution is 2.30. The van der Waals surface area contributed by atoms with E-state index in [1.54, 1.807) is 18.4 Å². The van der Waals surface area contributed by atoms with Crippen molar-refractivity contribution >= 4 is 23.1 Å². The number of benzene rings is 2. The SMILES string of the molecule is COc1cccc(NC(=O)N2CCCC(c3nnc(Cc4ccccc4)s3)C2)c1. The van der Waals surface area contributed by atoms with E-state index < -0.39 is 0 Å². The van der Waals surface area contributed by atoms with Crippen molar-refractivity contribution in [2.24, 2.45) is 0 Å². The summed E-state index contributed by atoms with van der Waals surface area (Å²) in [5.74, 6) is 0.959. The first-order valence-electron chi connectivity index (χ1n) is 9.77. The van der Waals surface area contributed by atoms with Crippen molar-refractivity contribution in [1.82, 2.24) is 15.1 Å². The van der Waals surface area contributed by atoms with Gasteiger partial charge in [0, 0.05) is 37.2 Å². The van der Waals surface area contributed by atoms with E-state index in [2.05, 4.69) is 27.6 Å². The number of hydrogen-bond donors (Lipinski definition) is 1. The summed E-state index contributed by atoms with van der Waals surface area (Å²) in [5.41, 5.74) is 1.97. The molecule has 1 unspecified atom stereocenters. The molecule has 0 spiro atoms. The first-order chi connectivity index (χ1) is 14.2. The summed E-state index contributed by atoms with van der Waals surface area (Å²) >= 11 is 1.66. The number of ether oxygens (including phenoxy) is 1. The monoisotopic (exact) mass is 408 g/mol. The average molecular weight is 409 g/mol. The van der Waals surface area contributed by atoms with Crippen LogP contribution in [-0.2, 0) is 6.42 Å². The number of nitrogens with one attached hydrogen (secondary N) is 1. The van der Waals surface area contributed by atoms with Crippen LogP contribution in [-0.4, -0.2) is 41.3 Å². The van der Waals surface area contributed by atoms with Gasteiger partial charge in [-0.2, -0.15) is 0 Å². The number of rotatable bonds is 5. The van der Waals surface area contributed by atoms with E-state index in [0.717, 1.165) is 47.3 Å². The summed E-state index contributed by atoms with van der Waals surface area (Å²) in [4.78, 5) is 14.6. The Labute approximate surface area is 174 Å². The number of aromatic nitrogens is 2. The van der Waals surface area contributed by atoms with Crippen molar-refractivity contribution in [2.75, 3.05) is 25.5 Å². The Morgan fingerprint density at radius 3 is 2.90 bits per heavy atom. The Hall–Kier alpha value is -2.93. The van der Waals surface area contributed by atoms with Crippen molar-refractivity contribution in [3.63, 3.8) is 0 Å². The lowest BCUT2D eigenvalue weighted by atomic mass is 9.99. The predicted molar refractivity (Wildman–Crippen MR) is 115 cm³/mol. The molecule has 0 radical (unpaired) electrons. The number of amides is 2. The predicted octanol–water partition coefficient (Wildman–Crippen LogP) is 4.55. The third kappa shape index (κ3) is 4.92. The van der Waals surface area contributed by atoms with E-state index in [4.69, 9.17) is 4.74 Å². The molecule has 1 atom stereocenters. The van der Waals surface area contributed by atoms with Gasteiger partial charge in [-0.15, -0.1) is 21.5 Å². The van der Waals surface area contributed by atoms with Crippen molar-refractivity contribution in [1.29, 1.82) is 0 Å². The van der Waals surface area contributed by atoms with Crippen LogP contribution in [0.2, 0.25) is 0 Å². The zero-order valence-corrected chi connectivity index (χ0v) is 17.2. The molecule has 29 heavy (non-hydrogen) atoms. The van der Waals surface area contributed by atoms with Gasteiger partial charge in [0.05, 0.1) is 7.11 Å². The van der Waals surface area contributed by atoms with Crippen molar-refractivity contribution in [3.05, 3.63) is 70.2 Å². The van der Waals surface area contributed by atoms with Crippen LogP contribution in [0.15, 0.2) is 54.6 Å². The number of urea groups is 1. The van der Waals surface area contributed by atoms with Crippen LogP contribution >= 0.6 is 11.3 Å². The largest absolute Gasteiger partial charge is 0.497 e. The fourth-order valence-corrected chi connectivity index (χ4v) is 4.54. The molecule has 4 rings (SSSR count). The highest BCUT2D eigenvalue weighted by Gasteiger charge is 2.27. The first kappa shape index (κ1) is 19.4. The zero-order valence-electron chi connectivity index (χ0n) is 16.4. The van der Waals surface area contributed by atoms with Crippen LogP contribution in [0.25, 0.3) is 0 Å². The molecule has 6 nitrogen and oxygen atoms in total. The molecule has 1 aliphatic heterocycles. The molecule has 0 saturated carbocycles. The minimum Gasteiger partial charge on any atom is -0.497 e. The Balaban J connectivity index is 1.38. The number of carbonyl (C=O) groups is 1. The molecule has 1 saturated heterocycles. The number of methoxy groups -OCH3 is 1. The summed E-state index contributed by atoms with van der Waals surface area (Å²) < 4.78 is 5.22. The van der Waals surface area contributed by atoms with Crippen LogP contribution in [0.1, 0.15) is 34.3 Å². The molecular formula is C22H24N4O2S. The van der Waals surface area contributed by atoms with Gasteiger partial charge in [-0.05, 0) is 30.5 Å². The third-order valence-corrected chi connectivity index (χ3v) is 6.15. The zero-order chi connectivity index (χ0) is 20.1. The van der Waals surface area contributed by atoms with Crippen LogP contribution in [0.5, 0.6) is 5.75 Å². The average Bonchev–Trinajstić information content (AvgIpc) is 3.23. The van der Waals surface area contributed by atoms with Crippen molar-refractivity contribution in [3.8, 4) is 5.75 Å². The first-order valence-corrected chi connectivity index (χ1v) is 10.6. The van der Waals surface area contributed by atoms with Gasteiger partial charge in [0.1, 0.15) is 15.8 Å². The summed E-state index contributed by atoms with van der Waals surface area (Å²) in [7, 11) is 1.62.